The molecule has 21 heavy (non-hydrogen) atoms. The fraction of sp³-hybridized carbons (Fsp3) is 0.571. The molecular weight excluding hydrogens is 356 g/mol. The molecule has 0 heterocycles. The molecule has 0 atom stereocenters. The third kappa shape index (κ3) is 3.70. The Kier molecular flexibility index (Phi) is 4.85. The van der Waals surface area contributed by atoms with E-state index in [0.717, 1.165) is 32.1 Å². The number of anilines is 1. The van der Waals surface area contributed by atoms with Crippen molar-refractivity contribution in [2.45, 2.75) is 49.5 Å². The first-order valence-corrected chi connectivity index (χ1v) is 9.22. The summed E-state index contributed by atoms with van der Waals surface area (Å²) < 4.78 is 34.0. The number of hydrogen-bond donors (Lipinski definition) is 2. The summed E-state index contributed by atoms with van der Waals surface area (Å²) in [5.41, 5.74) is 5.78. The highest BCUT2D eigenvalue weighted by Gasteiger charge is 2.33. The van der Waals surface area contributed by atoms with E-state index in [1.54, 1.807) is 6.07 Å². The Hall–Kier alpha value is -0.790. The summed E-state index contributed by atoms with van der Waals surface area (Å²) in [6, 6.07) is 3.00. The zero-order valence-corrected chi connectivity index (χ0v) is 14.7. The third-order valence-electron chi connectivity index (χ3n) is 3.91. The Labute approximate surface area is 134 Å². The number of halogens is 1. The van der Waals surface area contributed by atoms with Crippen LogP contribution in [-0.2, 0) is 10.0 Å². The summed E-state index contributed by atoms with van der Waals surface area (Å²) in [5.74, 6) is 0.281. The molecule has 0 radical (unpaired) electrons. The van der Waals surface area contributed by atoms with Crippen LogP contribution in [0.4, 0.5) is 5.69 Å². The largest absolute Gasteiger partial charge is 0.495 e. The van der Waals surface area contributed by atoms with Gasteiger partial charge in [-0.25, -0.2) is 13.1 Å². The smallest absolute Gasteiger partial charge is 0.244 e. The lowest BCUT2D eigenvalue weighted by atomic mass is 9.84. The lowest BCUT2D eigenvalue weighted by Gasteiger charge is -2.34. The lowest BCUT2D eigenvalue weighted by molar-refractivity contribution is 0.293. The second-order valence-corrected chi connectivity index (χ2v) is 8.26. The molecule has 0 saturated heterocycles. The Morgan fingerprint density at radius 2 is 1.90 bits per heavy atom. The molecule has 1 aliphatic rings. The maximum atomic E-state index is 12.7. The number of hydrogen-bond acceptors (Lipinski definition) is 4. The highest BCUT2D eigenvalue weighted by Crippen LogP contribution is 2.34. The molecule has 0 aromatic heterocycles. The van der Waals surface area contributed by atoms with Gasteiger partial charge in [0, 0.05) is 15.7 Å². The van der Waals surface area contributed by atoms with Crippen LogP contribution < -0.4 is 15.2 Å². The van der Waals surface area contributed by atoms with Crippen LogP contribution in [0.25, 0.3) is 0 Å². The quantitative estimate of drug-likeness (QED) is 0.791. The van der Waals surface area contributed by atoms with Crippen molar-refractivity contribution in [2.75, 3.05) is 12.8 Å². The number of nitrogens with two attached hydrogens (primary N) is 1. The molecule has 0 aliphatic heterocycles. The number of sulfonamides is 1. The zero-order chi connectivity index (χ0) is 15.7. The van der Waals surface area contributed by atoms with Crippen molar-refractivity contribution in [2.24, 2.45) is 0 Å². The third-order valence-corrected chi connectivity index (χ3v) is 6.26. The van der Waals surface area contributed by atoms with E-state index in [9.17, 15) is 8.42 Å². The molecule has 1 aromatic rings. The Morgan fingerprint density at radius 3 is 2.48 bits per heavy atom. The van der Waals surface area contributed by atoms with Crippen molar-refractivity contribution in [1.82, 2.24) is 4.72 Å². The van der Waals surface area contributed by atoms with E-state index in [0.29, 0.717) is 10.2 Å². The number of ether oxygens (including phenoxy) is 1. The van der Waals surface area contributed by atoms with Gasteiger partial charge in [-0.2, -0.15) is 0 Å². The van der Waals surface area contributed by atoms with Crippen LogP contribution in [0.15, 0.2) is 21.5 Å². The molecule has 1 fully saturated rings. The van der Waals surface area contributed by atoms with Crippen LogP contribution in [0.5, 0.6) is 5.75 Å². The van der Waals surface area contributed by atoms with Crippen LogP contribution in [0, 0.1) is 0 Å². The number of nitrogen functional groups attached to an aromatic ring is 1. The van der Waals surface area contributed by atoms with Crippen LogP contribution in [-0.4, -0.2) is 21.1 Å². The van der Waals surface area contributed by atoms with E-state index in [1.807, 2.05) is 6.92 Å². The van der Waals surface area contributed by atoms with Crippen LogP contribution in [0.1, 0.15) is 39.0 Å². The molecule has 0 unspecified atom stereocenters. The van der Waals surface area contributed by atoms with Gasteiger partial charge in [-0.1, -0.05) is 19.3 Å². The molecule has 1 saturated carbocycles. The molecule has 0 amide bonds. The minimum Gasteiger partial charge on any atom is -0.495 e. The predicted octanol–water partition coefficient (Wildman–Crippen LogP) is 3.04. The molecule has 1 aliphatic carbocycles. The molecule has 118 valence electrons. The SMILES string of the molecule is COc1cc(Br)c(N)cc1S(=O)(=O)NC1(C)CCCCC1. The summed E-state index contributed by atoms with van der Waals surface area (Å²) in [5, 5.41) is 0. The first-order valence-electron chi connectivity index (χ1n) is 6.94. The van der Waals surface area contributed by atoms with E-state index in [4.69, 9.17) is 10.5 Å². The van der Waals surface area contributed by atoms with E-state index < -0.39 is 15.6 Å². The molecule has 0 spiro atoms. The minimum absolute atomic E-state index is 0.0810. The van der Waals surface area contributed by atoms with Crippen molar-refractivity contribution >= 4 is 31.6 Å². The highest BCUT2D eigenvalue weighted by molar-refractivity contribution is 9.10. The Morgan fingerprint density at radius 1 is 1.29 bits per heavy atom. The van der Waals surface area contributed by atoms with Gasteiger partial charge < -0.3 is 10.5 Å². The van der Waals surface area contributed by atoms with Crippen LogP contribution in [0.3, 0.4) is 0 Å². The molecule has 3 N–H and O–H groups in total. The van der Waals surface area contributed by atoms with E-state index in [1.165, 1.54) is 13.2 Å². The van der Waals surface area contributed by atoms with Crippen molar-refractivity contribution in [3.8, 4) is 5.75 Å². The van der Waals surface area contributed by atoms with Gasteiger partial charge in [-0.15, -0.1) is 0 Å². The Balaban J connectivity index is 2.37. The standard InChI is InChI=1S/C14H21BrN2O3S/c1-14(6-4-3-5-7-14)17-21(18,19)13-9-11(16)10(15)8-12(13)20-2/h8-9,17H,3-7,16H2,1-2H3. The Bertz CT molecular complexity index is 625. The van der Waals surface area contributed by atoms with Gasteiger partial charge in [0.15, 0.2) is 0 Å². The molecule has 2 rings (SSSR count). The lowest BCUT2D eigenvalue weighted by Crippen LogP contribution is -2.47. The fourth-order valence-corrected chi connectivity index (χ4v) is 4.71. The number of methoxy groups -OCH3 is 1. The predicted molar refractivity (Wildman–Crippen MR) is 86.9 cm³/mol. The topological polar surface area (TPSA) is 81.4 Å². The number of nitrogens with one attached hydrogen (secondary N) is 1. The average Bonchev–Trinajstić information content (AvgIpc) is 2.40. The van der Waals surface area contributed by atoms with E-state index >= 15 is 0 Å². The second-order valence-electron chi connectivity index (χ2n) is 5.75. The first-order chi connectivity index (χ1) is 9.77. The molecule has 0 bridgehead atoms. The summed E-state index contributed by atoms with van der Waals surface area (Å²) >= 11 is 3.28. The van der Waals surface area contributed by atoms with Gasteiger partial charge >= 0.3 is 0 Å². The van der Waals surface area contributed by atoms with Crippen molar-refractivity contribution < 1.29 is 13.2 Å². The second kappa shape index (κ2) is 6.14. The van der Waals surface area contributed by atoms with Crippen molar-refractivity contribution in [3.05, 3.63) is 16.6 Å². The summed E-state index contributed by atoms with van der Waals surface area (Å²) in [6.07, 6.45) is 4.93. The maximum Gasteiger partial charge on any atom is 0.244 e. The van der Waals surface area contributed by atoms with Gasteiger partial charge in [-0.3, -0.25) is 0 Å². The van der Waals surface area contributed by atoms with Gasteiger partial charge in [0.25, 0.3) is 0 Å². The minimum atomic E-state index is -3.68. The normalized spacial score (nSPS) is 18.4. The first kappa shape index (κ1) is 16.6. The maximum absolute atomic E-state index is 12.7. The number of rotatable bonds is 4. The van der Waals surface area contributed by atoms with Gasteiger partial charge in [-0.05, 0) is 47.8 Å². The van der Waals surface area contributed by atoms with Gasteiger partial charge in [0.1, 0.15) is 10.6 Å². The van der Waals surface area contributed by atoms with E-state index in [-0.39, 0.29) is 10.6 Å². The van der Waals surface area contributed by atoms with E-state index in [2.05, 4.69) is 20.7 Å². The van der Waals surface area contributed by atoms with Gasteiger partial charge in [0.05, 0.1) is 7.11 Å². The summed E-state index contributed by atoms with van der Waals surface area (Å²) in [4.78, 5) is 0.0810. The summed E-state index contributed by atoms with van der Waals surface area (Å²) in [6.45, 7) is 1.96. The van der Waals surface area contributed by atoms with Crippen LogP contribution in [0.2, 0.25) is 0 Å². The van der Waals surface area contributed by atoms with Crippen molar-refractivity contribution in [1.29, 1.82) is 0 Å². The summed E-state index contributed by atoms with van der Waals surface area (Å²) in [7, 11) is -2.23. The molecular formula is C14H21BrN2O3S. The number of benzene rings is 1. The highest BCUT2D eigenvalue weighted by atomic mass is 79.9. The fourth-order valence-electron chi connectivity index (χ4n) is 2.73. The van der Waals surface area contributed by atoms with Gasteiger partial charge in [0.2, 0.25) is 10.0 Å². The average molecular weight is 377 g/mol. The van der Waals surface area contributed by atoms with Crippen LogP contribution >= 0.6 is 15.9 Å². The molecule has 7 heteroatoms. The monoisotopic (exact) mass is 376 g/mol. The molecule has 1 aromatic carbocycles. The molecule has 5 nitrogen and oxygen atoms in total. The van der Waals surface area contributed by atoms with Crippen molar-refractivity contribution in [3.63, 3.8) is 0 Å². The zero-order valence-electron chi connectivity index (χ0n) is 12.3.